The van der Waals surface area contributed by atoms with Crippen LogP contribution in [0.1, 0.15) is 51.9 Å². The number of ether oxygens (including phenoxy) is 1. The number of esters is 1. The first-order valence-electron chi connectivity index (χ1n) is 8.82. The first-order valence-corrected chi connectivity index (χ1v) is 8.82. The van der Waals surface area contributed by atoms with Crippen molar-refractivity contribution in [2.45, 2.75) is 70.2 Å². The Balaban J connectivity index is 2.42. The summed E-state index contributed by atoms with van der Waals surface area (Å²) in [5.41, 5.74) is 0. The second kappa shape index (κ2) is 12.7. The highest BCUT2D eigenvalue weighted by molar-refractivity contribution is 5.69. The van der Waals surface area contributed by atoms with E-state index in [0.717, 1.165) is 25.7 Å². The Bertz CT molecular complexity index is 462. The zero-order chi connectivity index (χ0) is 17.6. The maximum absolute atomic E-state index is 11.6. The minimum Gasteiger partial charge on any atom is -0.458 e. The molecular formula is C20H30O4. The number of hydrogen-bond acceptors (Lipinski definition) is 4. The van der Waals surface area contributed by atoms with Crippen LogP contribution in [0, 0.1) is 0 Å². The molecule has 1 aliphatic rings. The van der Waals surface area contributed by atoms with Crippen molar-refractivity contribution in [2.24, 2.45) is 0 Å². The maximum atomic E-state index is 11.6. The molecule has 4 nitrogen and oxygen atoms in total. The Labute approximate surface area is 145 Å². The first-order chi connectivity index (χ1) is 11.6. The van der Waals surface area contributed by atoms with E-state index in [1.807, 2.05) is 24.3 Å². The van der Waals surface area contributed by atoms with E-state index in [0.29, 0.717) is 19.3 Å². The highest BCUT2D eigenvalue weighted by atomic mass is 16.5. The van der Waals surface area contributed by atoms with Gasteiger partial charge in [0.15, 0.2) is 0 Å². The van der Waals surface area contributed by atoms with Crippen LogP contribution in [0.5, 0.6) is 0 Å². The molecule has 24 heavy (non-hydrogen) atoms. The van der Waals surface area contributed by atoms with Gasteiger partial charge in [-0.15, -0.1) is 0 Å². The zero-order valence-corrected chi connectivity index (χ0v) is 14.5. The normalized spacial score (nSPS) is 23.8. The van der Waals surface area contributed by atoms with Crippen molar-refractivity contribution in [1.82, 2.24) is 0 Å². The third-order valence-corrected chi connectivity index (χ3v) is 3.71. The van der Waals surface area contributed by atoms with Crippen molar-refractivity contribution in [3.8, 4) is 0 Å². The summed E-state index contributed by atoms with van der Waals surface area (Å²) in [5, 5.41) is 19.9. The van der Waals surface area contributed by atoms with Crippen LogP contribution < -0.4 is 0 Å². The molecule has 0 aliphatic carbocycles. The minimum absolute atomic E-state index is 0.216. The highest BCUT2D eigenvalue weighted by Gasteiger charge is 2.15. The third kappa shape index (κ3) is 9.48. The van der Waals surface area contributed by atoms with E-state index in [4.69, 9.17) is 4.74 Å². The molecular weight excluding hydrogens is 304 g/mol. The van der Waals surface area contributed by atoms with Crippen molar-refractivity contribution in [3.05, 3.63) is 48.6 Å². The van der Waals surface area contributed by atoms with E-state index in [2.05, 4.69) is 19.1 Å². The minimum atomic E-state index is -0.976. The molecule has 134 valence electrons. The molecule has 1 aliphatic heterocycles. The summed E-state index contributed by atoms with van der Waals surface area (Å²) in [6, 6.07) is 0. The summed E-state index contributed by atoms with van der Waals surface area (Å²) in [6.45, 7) is 2.08. The number of aliphatic hydroxyl groups is 2. The van der Waals surface area contributed by atoms with Gasteiger partial charge in [-0.2, -0.15) is 0 Å². The van der Waals surface area contributed by atoms with Crippen LogP contribution in [0.25, 0.3) is 0 Å². The zero-order valence-electron chi connectivity index (χ0n) is 14.5. The average molecular weight is 334 g/mol. The number of carbonyl (C=O) groups is 1. The number of rotatable bonds is 8. The Morgan fingerprint density at radius 2 is 2.04 bits per heavy atom. The first kappa shape index (κ1) is 20.4. The van der Waals surface area contributed by atoms with Gasteiger partial charge in [0, 0.05) is 12.8 Å². The van der Waals surface area contributed by atoms with Crippen LogP contribution in [0.15, 0.2) is 48.6 Å². The molecule has 1 rings (SSSR count). The molecule has 3 atom stereocenters. The summed E-state index contributed by atoms with van der Waals surface area (Å²) in [7, 11) is 0. The van der Waals surface area contributed by atoms with Gasteiger partial charge >= 0.3 is 5.97 Å². The monoisotopic (exact) mass is 334 g/mol. The van der Waals surface area contributed by atoms with Gasteiger partial charge in [-0.25, -0.2) is 0 Å². The highest BCUT2D eigenvalue weighted by Crippen LogP contribution is 2.12. The lowest BCUT2D eigenvalue weighted by molar-refractivity contribution is -0.146. The van der Waals surface area contributed by atoms with Crippen molar-refractivity contribution in [1.29, 1.82) is 0 Å². The van der Waals surface area contributed by atoms with Gasteiger partial charge in [0.25, 0.3) is 0 Å². The Hall–Kier alpha value is -1.65. The summed E-state index contributed by atoms with van der Waals surface area (Å²) < 4.78 is 5.35. The predicted octanol–water partition coefficient (Wildman–Crippen LogP) is 3.61. The molecule has 0 radical (unpaired) electrons. The van der Waals surface area contributed by atoms with Crippen LogP contribution >= 0.6 is 0 Å². The fourth-order valence-corrected chi connectivity index (χ4v) is 2.28. The second-order valence-corrected chi connectivity index (χ2v) is 5.89. The molecule has 0 aromatic carbocycles. The van der Waals surface area contributed by atoms with Gasteiger partial charge < -0.3 is 14.9 Å². The van der Waals surface area contributed by atoms with Crippen LogP contribution in [-0.4, -0.2) is 34.5 Å². The van der Waals surface area contributed by atoms with Gasteiger partial charge in [-0.3, -0.25) is 4.79 Å². The lowest BCUT2D eigenvalue weighted by atomic mass is 10.1. The maximum Gasteiger partial charge on any atom is 0.306 e. The van der Waals surface area contributed by atoms with Gasteiger partial charge in [-0.1, -0.05) is 49.5 Å². The molecule has 0 saturated carbocycles. The van der Waals surface area contributed by atoms with Gasteiger partial charge in [-0.05, 0) is 38.2 Å². The predicted molar refractivity (Wildman–Crippen MR) is 96.4 cm³/mol. The van der Waals surface area contributed by atoms with Crippen LogP contribution in [-0.2, 0) is 9.53 Å². The van der Waals surface area contributed by atoms with Gasteiger partial charge in [0.1, 0.15) is 6.10 Å². The summed E-state index contributed by atoms with van der Waals surface area (Å²) in [6.07, 6.45) is 17.9. The Morgan fingerprint density at radius 3 is 2.83 bits per heavy atom. The molecule has 0 aromatic heterocycles. The van der Waals surface area contributed by atoms with Crippen LogP contribution in [0.3, 0.4) is 0 Å². The van der Waals surface area contributed by atoms with Crippen molar-refractivity contribution < 1.29 is 19.7 Å². The smallest absolute Gasteiger partial charge is 0.306 e. The molecule has 0 fully saturated rings. The molecule has 0 saturated heterocycles. The molecule has 0 unspecified atom stereocenters. The van der Waals surface area contributed by atoms with Crippen molar-refractivity contribution in [2.75, 3.05) is 0 Å². The summed E-state index contributed by atoms with van der Waals surface area (Å²) in [5.74, 6) is -0.216. The van der Waals surface area contributed by atoms with Gasteiger partial charge in [0.05, 0.1) is 12.2 Å². The van der Waals surface area contributed by atoms with E-state index in [9.17, 15) is 15.0 Å². The fraction of sp³-hybridized carbons (Fsp3) is 0.550. The average Bonchev–Trinajstić information content (AvgIpc) is 2.67. The van der Waals surface area contributed by atoms with Gasteiger partial charge in [0.2, 0.25) is 0 Å². The summed E-state index contributed by atoms with van der Waals surface area (Å²) in [4.78, 5) is 11.6. The number of cyclic esters (lactones) is 1. The molecule has 0 spiro atoms. The van der Waals surface area contributed by atoms with E-state index < -0.39 is 12.2 Å². The molecule has 2 N–H and O–H groups in total. The number of carbonyl (C=O) groups excluding carboxylic acids is 1. The number of hydrogen-bond donors (Lipinski definition) is 2. The van der Waals surface area contributed by atoms with Crippen molar-refractivity contribution >= 4 is 5.97 Å². The Morgan fingerprint density at radius 1 is 1.25 bits per heavy atom. The fourth-order valence-electron chi connectivity index (χ4n) is 2.28. The standard InChI is InChI=1S/C20H30O4/c1-2-3-4-5-6-10-13-18(21)19(22)16-15-17-12-9-7-8-11-14-20(23)24-17/h3-4,6-7,9-10,15-19,21-22H,2,5,8,11-14H2,1H3/b4-3-,9-7-,10-6-,16-15+/t17-,18+,19-/m0/s1. The molecule has 0 aromatic rings. The topological polar surface area (TPSA) is 66.8 Å². The Kier molecular flexibility index (Phi) is 10.8. The number of allylic oxidation sites excluding steroid dienone is 4. The SMILES string of the molecule is CC/C=C\C/C=C\C[C@@H](O)[C@@H](O)/C=C/[C@@H]1C/C=C\CCCC(=O)O1. The summed E-state index contributed by atoms with van der Waals surface area (Å²) >= 11 is 0. The largest absolute Gasteiger partial charge is 0.458 e. The van der Waals surface area contributed by atoms with Crippen LogP contribution in [0.2, 0.25) is 0 Å². The molecule has 0 amide bonds. The van der Waals surface area contributed by atoms with E-state index in [1.54, 1.807) is 6.08 Å². The number of aliphatic hydroxyl groups excluding tert-OH is 2. The van der Waals surface area contributed by atoms with E-state index in [1.165, 1.54) is 6.08 Å². The van der Waals surface area contributed by atoms with Crippen LogP contribution in [0.4, 0.5) is 0 Å². The van der Waals surface area contributed by atoms with Crippen molar-refractivity contribution in [3.63, 3.8) is 0 Å². The molecule has 1 heterocycles. The van der Waals surface area contributed by atoms with E-state index in [-0.39, 0.29) is 12.1 Å². The molecule has 4 heteroatoms. The molecule has 0 bridgehead atoms. The third-order valence-electron chi connectivity index (χ3n) is 3.71. The quantitative estimate of drug-likeness (QED) is 0.526. The lowest BCUT2D eigenvalue weighted by Crippen LogP contribution is -2.24. The van der Waals surface area contributed by atoms with E-state index >= 15 is 0 Å². The lowest BCUT2D eigenvalue weighted by Gasteiger charge is -2.15. The second-order valence-electron chi connectivity index (χ2n) is 5.89.